The molecule has 18 heavy (non-hydrogen) atoms. The van der Waals surface area contributed by atoms with Gasteiger partial charge in [-0.05, 0) is 25.8 Å². The van der Waals surface area contributed by atoms with Crippen molar-refractivity contribution in [2.45, 2.75) is 32.5 Å². The summed E-state index contributed by atoms with van der Waals surface area (Å²) in [6.07, 6.45) is 0.870. The Morgan fingerprint density at radius 3 is 2.39 bits per heavy atom. The Morgan fingerprint density at radius 2 is 1.89 bits per heavy atom. The highest BCUT2D eigenvalue weighted by Crippen LogP contribution is 2.13. The summed E-state index contributed by atoms with van der Waals surface area (Å²) < 4.78 is 10.9. The van der Waals surface area contributed by atoms with E-state index in [9.17, 15) is 0 Å². The second-order valence-corrected chi connectivity index (χ2v) is 5.27. The van der Waals surface area contributed by atoms with Crippen molar-refractivity contribution in [3.05, 3.63) is 35.4 Å². The lowest BCUT2D eigenvalue weighted by Gasteiger charge is -2.22. The van der Waals surface area contributed by atoms with E-state index in [2.05, 4.69) is 0 Å². The van der Waals surface area contributed by atoms with Crippen molar-refractivity contribution in [2.24, 2.45) is 5.73 Å². The minimum atomic E-state index is -0.129. The highest BCUT2D eigenvalue weighted by molar-refractivity contribution is 7.80. The van der Waals surface area contributed by atoms with Crippen LogP contribution in [0.15, 0.2) is 24.3 Å². The maximum atomic E-state index is 5.61. The number of hydrogen-bond acceptors (Lipinski definition) is 3. The highest BCUT2D eigenvalue weighted by Gasteiger charge is 2.15. The molecule has 100 valence electrons. The monoisotopic (exact) mass is 267 g/mol. The number of nitrogens with two attached hydrogens (primary N) is 1. The summed E-state index contributed by atoms with van der Waals surface area (Å²) in [5.74, 6) is 0. The van der Waals surface area contributed by atoms with E-state index in [0.29, 0.717) is 18.2 Å². The number of hydrogen-bond donors (Lipinski definition) is 1. The summed E-state index contributed by atoms with van der Waals surface area (Å²) in [4.78, 5) is 0.421. The summed E-state index contributed by atoms with van der Waals surface area (Å²) in [5.41, 5.74) is 7.41. The lowest BCUT2D eigenvalue weighted by Crippen LogP contribution is -2.24. The van der Waals surface area contributed by atoms with Crippen LogP contribution in [0.3, 0.4) is 0 Å². The molecule has 0 saturated heterocycles. The molecule has 3 nitrogen and oxygen atoms in total. The molecule has 0 radical (unpaired) electrons. The van der Waals surface area contributed by atoms with Gasteiger partial charge in [0.2, 0.25) is 0 Å². The predicted octanol–water partition coefficient (Wildman–Crippen LogP) is 2.65. The molecule has 0 saturated carbocycles. The van der Waals surface area contributed by atoms with Crippen molar-refractivity contribution in [2.75, 3.05) is 13.7 Å². The van der Waals surface area contributed by atoms with Gasteiger partial charge in [-0.25, -0.2) is 0 Å². The van der Waals surface area contributed by atoms with Crippen LogP contribution in [0.5, 0.6) is 0 Å². The van der Waals surface area contributed by atoms with Gasteiger partial charge in [-0.2, -0.15) is 0 Å². The first-order valence-corrected chi connectivity index (χ1v) is 6.37. The summed E-state index contributed by atoms with van der Waals surface area (Å²) in [6, 6.07) is 7.80. The van der Waals surface area contributed by atoms with Crippen LogP contribution >= 0.6 is 12.2 Å². The van der Waals surface area contributed by atoms with E-state index in [1.165, 1.54) is 0 Å². The van der Waals surface area contributed by atoms with Gasteiger partial charge in [0.05, 0.1) is 12.2 Å². The molecule has 0 spiro atoms. The third-order valence-corrected chi connectivity index (χ3v) is 3.14. The average Bonchev–Trinajstić information content (AvgIpc) is 2.35. The van der Waals surface area contributed by atoms with Gasteiger partial charge in [-0.3, -0.25) is 0 Å². The fourth-order valence-electron chi connectivity index (χ4n) is 1.38. The van der Waals surface area contributed by atoms with Crippen molar-refractivity contribution >= 4 is 17.2 Å². The third kappa shape index (κ3) is 5.12. The summed E-state index contributed by atoms with van der Waals surface area (Å²) in [5, 5.41) is 0. The zero-order valence-electron chi connectivity index (χ0n) is 11.2. The van der Waals surface area contributed by atoms with Crippen LogP contribution in [0.25, 0.3) is 0 Å². The Balaban J connectivity index is 2.34. The van der Waals surface area contributed by atoms with Gasteiger partial charge < -0.3 is 15.2 Å². The van der Waals surface area contributed by atoms with Gasteiger partial charge in [0.1, 0.15) is 4.99 Å². The molecule has 2 N–H and O–H groups in total. The lowest BCUT2D eigenvalue weighted by atomic mass is 10.1. The van der Waals surface area contributed by atoms with E-state index in [1.54, 1.807) is 7.11 Å². The number of rotatable bonds is 7. The van der Waals surface area contributed by atoms with E-state index < -0.39 is 0 Å². The lowest BCUT2D eigenvalue weighted by molar-refractivity contribution is -0.0124. The minimum absolute atomic E-state index is 0.129. The van der Waals surface area contributed by atoms with Crippen molar-refractivity contribution in [3.8, 4) is 0 Å². The fourth-order valence-corrected chi connectivity index (χ4v) is 1.51. The second-order valence-electron chi connectivity index (χ2n) is 4.83. The molecule has 0 aliphatic heterocycles. The zero-order valence-corrected chi connectivity index (χ0v) is 12.0. The molecule has 1 rings (SSSR count). The highest BCUT2D eigenvalue weighted by atomic mass is 32.1. The van der Waals surface area contributed by atoms with Crippen molar-refractivity contribution in [3.63, 3.8) is 0 Å². The van der Waals surface area contributed by atoms with Gasteiger partial charge in [0, 0.05) is 19.3 Å². The van der Waals surface area contributed by atoms with Crippen LogP contribution in [0.2, 0.25) is 0 Å². The number of methoxy groups -OCH3 is 1. The molecular formula is C14H21NO2S. The van der Waals surface area contributed by atoms with Crippen LogP contribution < -0.4 is 5.73 Å². The Kier molecular flexibility index (Phi) is 5.72. The summed E-state index contributed by atoms with van der Waals surface area (Å²) >= 11 is 4.90. The van der Waals surface area contributed by atoms with Gasteiger partial charge in [-0.1, -0.05) is 36.5 Å². The molecule has 0 aromatic heterocycles. The van der Waals surface area contributed by atoms with Crippen molar-refractivity contribution in [1.29, 1.82) is 0 Å². The van der Waals surface area contributed by atoms with Crippen LogP contribution in [0, 0.1) is 0 Å². The first-order chi connectivity index (χ1) is 8.44. The number of thiocarbonyl (C=S) groups is 1. The van der Waals surface area contributed by atoms with E-state index in [1.807, 2.05) is 38.1 Å². The molecule has 0 fully saturated rings. The topological polar surface area (TPSA) is 44.5 Å². The van der Waals surface area contributed by atoms with Crippen LogP contribution in [-0.4, -0.2) is 24.3 Å². The quantitative estimate of drug-likeness (QED) is 0.609. The molecule has 1 aromatic carbocycles. The molecule has 0 bridgehead atoms. The number of benzene rings is 1. The standard InChI is InChI=1S/C14H21NO2S/c1-14(2,16-3)8-9-17-10-11-4-6-12(7-5-11)13(15)18/h4-7H,8-10H2,1-3H3,(H2,15,18). The fraction of sp³-hybridized carbons (Fsp3) is 0.500. The smallest absolute Gasteiger partial charge is 0.103 e. The average molecular weight is 267 g/mol. The summed E-state index contributed by atoms with van der Waals surface area (Å²) in [6.45, 7) is 5.37. The largest absolute Gasteiger partial charge is 0.389 e. The first-order valence-electron chi connectivity index (χ1n) is 5.96. The minimum Gasteiger partial charge on any atom is -0.389 e. The SMILES string of the molecule is COC(C)(C)CCOCc1ccc(C(N)=S)cc1. The Labute approximate surface area is 114 Å². The van der Waals surface area contributed by atoms with E-state index in [0.717, 1.165) is 17.5 Å². The maximum absolute atomic E-state index is 5.61. The van der Waals surface area contributed by atoms with Crippen molar-refractivity contribution < 1.29 is 9.47 Å². The zero-order chi connectivity index (χ0) is 13.6. The van der Waals surface area contributed by atoms with Crippen LogP contribution in [0.4, 0.5) is 0 Å². The second kappa shape index (κ2) is 6.83. The van der Waals surface area contributed by atoms with Crippen molar-refractivity contribution in [1.82, 2.24) is 0 Å². The Morgan fingerprint density at radius 1 is 1.28 bits per heavy atom. The van der Waals surface area contributed by atoms with E-state index >= 15 is 0 Å². The van der Waals surface area contributed by atoms with Gasteiger partial charge in [-0.15, -0.1) is 0 Å². The summed E-state index contributed by atoms with van der Waals surface area (Å²) in [7, 11) is 1.72. The molecule has 0 aliphatic carbocycles. The van der Waals surface area contributed by atoms with Gasteiger partial charge in [0.15, 0.2) is 0 Å². The van der Waals surface area contributed by atoms with Crippen LogP contribution in [0.1, 0.15) is 31.4 Å². The van der Waals surface area contributed by atoms with Gasteiger partial charge in [0.25, 0.3) is 0 Å². The molecule has 4 heteroatoms. The molecule has 0 atom stereocenters. The predicted molar refractivity (Wildman–Crippen MR) is 77.7 cm³/mol. The molecule has 0 heterocycles. The maximum Gasteiger partial charge on any atom is 0.103 e. The Bertz CT molecular complexity index is 387. The van der Waals surface area contributed by atoms with E-state index in [-0.39, 0.29) is 5.60 Å². The normalized spacial score (nSPS) is 11.5. The number of ether oxygens (including phenoxy) is 2. The molecule has 1 aromatic rings. The first kappa shape index (κ1) is 15.1. The molecule has 0 amide bonds. The van der Waals surface area contributed by atoms with Gasteiger partial charge >= 0.3 is 0 Å². The molecule has 0 aliphatic rings. The Hall–Kier alpha value is -0.970. The van der Waals surface area contributed by atoms with Crippen LogP contribution in [-0.2, 0) is 16.1 Å². The third-order valence-electron chi connectivity index (χ3n) is 2.91. The molecule has 0 unspecified atom stereocenters. The van der Waals surface area contributed by atoms with E-state index in [4.69, 9.17) is 27.4 Å². The molecular weight excluding hydrogens is 246 g/mol.